The van der Waals surface area contributed by atoms with Gasteiger partial charge in [0.2, 0.25) is 0 Å². The number of allylic oxidation sites excluding steroid dienone is 1. The molecule has 1 fully saturated rings. The lowest BCUT2D eigenvalue weighted by Crippen LogP contribution is -2.33. The van der Waals surface area contributed by atoms with Gasteiger partial charge in [0.15, 0.2) is 0 Å². The molecule has 1 heterocycles. The molecule has 1 saturated heterocycles. The van der Waals surface area contributed by atoms with E-state index in [2.05, 4.69) is 104 Å². The molecular formula is C20H24N2. The molecule has 0 saturated carbocycles. The molecule has 0 radical (unpaired) electrons. The number of benzene rings is 2. The molecule has 1 aliphatic rings. The predicted octanol–water partition coefficient (Wildman–Crippen LogP) is 4.25. The monoisotopic (exact) mass is 292 g/mol. The van der Waals surface area contributed by atoms with Gasteiger partial charge in [-0.05, 0) is 32.1 Å². The highest BCUT2D eigenvalue weighted by Gasteiger charge is 2.43. The summed E-state index contributed by atoms with van der Waals surface area (Å²) in [5, 5.41) is 0. The van der Waals surface area contributed by atoms with E-state index in [1.807, 2.05) is 0 Å². The van der Waals surface area contributed by atoms with Crippen molar-refractivity contribution >= 4 is 0 Å². The maximum Gasteiger partial charge on any atom is 0.0821 e. The molecule has 0 N–H and O–H groups in total. The van der Waals surface area contributed by atoms with Crippen molar-refractivity contribution in [1.82, 2.24) is 9.80 Å². The molecular weight excluding hydrogens is 268 g/mol. The van der Waals surface area contributed by atoms with Crippen LogP contribution in [0.5, 0.6) is 0 Å². The molecule has 0 bridgehead atoms. The average molecular weight is 292 g/mol. The van der Waals surface area contributed by atoms with E-state index in [4.69, 9.17) is 0 Å². The van der Waals surface area contributed by atoms with Gasteiger partial charge in [-0.15, -0.1) is 0 Å². The number of hydrogen-bond acceptors (Lipinski definition) is 2. The van der Waals surface area contributed by atoms with Crippen LogP contribution in [-0.4, -0.2) is 30.1 Å². The third kappa shape index (κ3) is 2.60. The molecule has 114 valence electrons. The summed E-state index contributed by atoms with van der Waals surface area (Å²) in [6.45, 7) is 2.09. The molecule has 1 aliphatic heterocycles. The lowest BCUT2D eigenvalue weighted by atomic mass is 9.93. The summed E-state index contributed by atoms with van der Waals surface area (Å²) < 4.78 is 0. The molecule has 3 atom stereocenters. The predicted molar refractivity (Wildman–Crippen MR) is 92.5 cm³/mol. The first-order valence-electron chi connectivity index (χ1n) is 7.90. The van der Waals surface area contributed by atoms with Crippen molar-refractivity contribution in [2.24, 2.45) is 0 Å². The Morgan fingerprint density at radius 2 is 1.14 bits per heavy atom. The second-order valence-corrected chi connectivity index (χ2v) is 5.98. The number of nitrogens with zero attached hydrogens (tertiary/aromatic N) is 2. The lowest BCUT2D eigenvalue weighted by molar-refractivity contribution is 0.209. The molecule has 2 aromatic rings. The van der Waals surface area contributed by atoms with Gasteiger partial charge in [-0.25, -0.2) is 0 Å². The number of hydrogen-bond donors (Lipinski definition) is 0. The Hall–Kier alpha value is -1.90. The Morgan fingerprint density at radius 3 is 1.50 bits per heavy atom. The van der Waals surface area contributed by atoms with Crippen LogP contribution in [0.15, 0.2) is 72.8 Å². The summed E-state index contributed by atoms with van der Waals surface area (Å²) >= 11 is 0. The Morgan fingerprint density at radius 1 is 0.727 bits per heavy atom. The van der Waals surface area contributed by atoms with Crippen LogP contribution >= 0.6 is 0 Å². The van der Waals surface area contributed by atoms with Crippen molar-refractivity contribution in [3.63, 3.8) is 0 Å². The van der Waals surface area contributed by atoms with E-state index in [9.17, 15) is 0 Å². The van der Waals surface area contributed by atoms with Crippen LogP contribution in [0.4, 0.5) is 0 Å². The molecule has 2 nitrogen and oxygen atoms in total. The van der Waals surface area contributed by atoms with Gasteiger partial charge in [0.25, 0.3) is 0 Å². The minimum atomic E-state index is 0.320. The van der Waals surface area contributed by atoms with Crippen LogP contribution in [0.25, 0.3) is 0 Å². The highest BCUT2D eigenvalue weighted by atomic mass is 15.4. The zero-order chi connectivity index (χ0) is 15.5. The van der Waals surface area contributed by atoms with Gasteiger partial charge in [0.1, 0.15) is 0 Å². The molecule has 0 aromatic heterocycles. The van der Waals surface area contributed by atoms with Gasteiger partial charge < -0.3 is 0 Å². The maximum atomic E-state index is 2.47. The third-order valence-corrected chi connectivity index (χ3v) is 4.66. The Balaban J connectivity index is 2.07. The van der Waals surface area contributed by atoms with Crippen molar-refractivity contribution in [2.45, 2.75) is 25.2 Å². The van der Waals surface area contributed by atoms with Gasteiger partial charge in [-0.1, -0.05) is 72.8 Å². The van der Waals surface area contributed by atoms with E-state index in [1.54, 1.807) is 0 Å². The number of likely N-dealkylation sites (N-methyl/N-ethyl adjacent to an activating group) is 2. The fourth-order valence-electron chi connectivity index (χ4n) is 3.64. The SMILES string of the molecule is C/C=C/C1N(C)[C@H](c2ccccc2)[C@H](c2ccccc2)N1C. The van der Waals surface area contributed by atoms with E-state index < -0.39 is 0 Å². The molecule has 22 heavy (non-hydrogen) atoms. The highest BCUT2D eigenvalue weighted by Crippen LogP contribution is 2.45. The molecule has 2 aromatic carbocycles. The summed E-state index contributed by atoms with van der Waals surface area (Å²) in [5.74, 6) is 0. The average Bonchev–Trinajstić information content (AvgIpc) is 2.81. The van der Waals surface area contributed by atoms with Crippen molar-refractivity contribution in [1.29, 1.82) is 0 Å². The summed E-state index contributed by atoms with van der Waals surface area (Å²) in [6.07, 6.45) is 4.74. The zero-order valence-electron chi connectivity index (χ0n) is 13.6. The number of rotatable bonds is 3. The Bertz CT molecular complexity index is 569. The van der Waals surface area contributed by atoms with Crippen LogP contribution in [0.3, 0.4) is 0 Å². The normalized spacial score (nSPS) is 26.8. The first-order chi connectivity index (χ1) is 10.7. The van der Waals surface area contributed by atoms with E-state index >= 15 is 0 Å². The van der Waals surface area contributed by atoms with Gasteiger partial charge >= 0.3 is 0 Å². The van der Waals surface area contributed by atoms with Crippen molar-refractivity contribution in [3.05, 3.63) is 83.9 Å². The minimum absolute atomic E-state index is 0.320. The van der Waals surface area contributed by atoms with Crippen LogP contribution in [0.1, 0.15) is 30.1 Å². The van der Waals surface area contributed by atoms with Gasteiger partial charge in [-0.3, -0.25) is 9.80 Å². The van der Waals surface area contributed by atoms with Crippen LogP contribution < -0.4 is 0 Å². The van der Waals surface area contributed by atoms with Crippen LogP contribution in [0.2, 0.25) is 0 Å². The van der Waals surface area contributed by atoms with E-state index in [0.29, 0.717) is 18.2 Å². The van der Waals surface area contributed by atoms with Crippen molar-refractivity contribution in [3.8, 4) is 0 Å². The summed E-state index contributed by atoms with van der Waals surface area (Å²) in [6, 6.07) is 22.4. The molecule has 0 spiro atoms. The molecule has 1 unspecified atom stereocenters. The standard InChI is InChI=1S/C20H24N2/c1-4-11-18-21(2)19(16-12-7-5-8-13-16)20(22(18)3)17-14-9-6-10-15-17/h4-15,18-20H,1-3H3/b11-4+/t18?,19-,20+. The molecule has 0 aliphatic carbocycles. The highest BCUT2D eigenvalue weighted by molar-refractivity contribution is 5.30. The molecule has 0 amide bonds. The fourth-order valence-corrected chi connectivity index (χ4v) is 3.64. The molecule has 2 heteroatoms. The van der Waals surface area contributed by atoms with Gasteiger partial charge in [-0.2, -0.15) is 0 Å². The third-order valence-electron chi connectivity index (χ3n) is 4.66. The first-order valence-corrected chi connectivity index (χ1v) is 7.90. The minimum Gasteiger partial charge on any atom is -0.279 e. The Kier molecular flexibility index (Phi) is 4.41. The summed E-state index contributed by atoms with van der Waals surface area (Å²) in [7, 11) is 4.45. The van der Waals surface area contributed by atoms with E-state index in [-0.39, 0.29) is 0 Å². The first kappa shape index (κ1) is 15.0. The van der Waals surface area contributed by atoms with Crippen molar-refractivity contribution < 1.29 is 0 Å². The smallest absolute Gasteiger partial charge is 0.0821 e. The largest absolute Gasteiger partial charge is 0.279 e. The lowest BCUT2D eigenvalue weighted by Gasteiger charge is -2.26. The van der Waals surface area contributed by atoms with Crippen molar-refractivity contribution in [2.75, 3.05) is 14.1 Å². The fraction of sp³-hybridized carbons (Fsp3) is 0.300. The second-order valence-electron chi connectivity index (χ2n) is 5.98. The Labute approximate surface area is 133 Å². The van der Waals surface area contributed by atoms with Gasteiger partial charge in [0, 0.05) is 0 Å². The van der Waals surface area contributed by atoms with E-state index in [0.717, 1.165) is 0 Å². The second kappa shape index (κ2) is 6.47. The zero-order valence-corrected chi connectivity index (χ0v) is 13.6. The molecule has 3 rings (SSSR count). The van der Waals surface area contributed by atoms with E-state index in [1.165, 1.54) is 11.1 Å². The van der Waals surface area contributed by atoms with Crippen LogP contribution in [0, 0.1) is 0 Å². The summed E-state index contributed by atoms with van der Waals surface area (Å²) in [4.78, 5) is 4.93. The summed E-state index contributed by atoms with van der Waals surface area (Å²) in [5.41, 5.74) is 2.75. The van der Waals surface area contributed by atoms with Crippen LogP contribution in [-0.2, 0) is 0 Å². The van der Waals surface area contributed by atoms with Gasteiger partial charge in [0.05, 0.1) is 18.2 Å². The quantitative estimate of drug-likeness (QED) is 0.780. The topological polar surface area (TPSA) is 6.48 Å². The maximum absolute atomic E-state index is 2.47.